The molecule has 0 saturated heterocycles. The molecule has 216 valence electrons. The standard InChI is InChI=1S/C26H27FN5O8P/c1-38-16-20(18-8-6-17(7-9-18)15-32-12-4-3-5-23(32)33)26(40-41(35,36)37)19(13-30-31-26)25(34)29-14-21-24(27)22(39-2)10-11-28-21/h3-13,20H,14-16H2,1-2H3,(H,29,34)(H2,35,36,37). The number of methoxy groups -OCH3 is 2. The van der Waals surface area contributed by atoms with Crippen molar-refractivity contribution in [3.63, 3.8) is 0 Å². The zero-order chi connectivity index (χ0) is 29.6. The summed E-state index contributed by atoms with van der Waals surface area (Å²) in [5.74, 6) is -2.80. The van der Waals surface area contributed by atoms with Gasteiger partial charge in [-0.3, -0.25) is 19.1 Å². The van der Waals surface area contributed by atoms with Crippen molar-refractivity contribution >= 4 is 13.7 Å². The number of benzene rings is 1. The van der Waals surface area contributed by atoms with Crippen molar-refractivity contribution in [2.75, 3.05) is 20.8 Å². The van der Waals surface area contributed by atoms with Crippen LogP contribution in [0.4, 0.5) is 4.39 Å². The number of nitrogens with one attached hydrogen (secondary N) is 1. The Labute approximate surface area is 233 Å². The Kier molecular flexibility index (Phi) is 9.21. The number of halogens is 1. The Morgan fingerprint density at radius 2 is 1.93 bits per heavy atom. The number of pyridine rings is 2. The number of rotatable bonds is 12. The molecule has 0 bridgehead atoms. The first-order valence-corrected chi connectivity index (χ1v) is 13.7. The zero-order valence-corrected chi connectivity index (χ0v) is 22.9. The SMILES string of the molecule is COCC(c1ccc(Cn2ccccc2=O)cc1)C1(OP(=O)(O)O)N=NC=C1C(=O)NCc1nccc(OC)c1F. The van der Waals surface area contributed by atoms with E-state index in [9.17, 15) is 28.3 Å². The molecule has 15 heteroatoms. The summed E-state index contributed by atoms with van der Waals surface area (Å²) in [5, 5.41) is 10.2. The van der Waals surface area contributed by atoms with E-state index in [1.165, 1.54) is 37.1 Å². The van der Waals surface area contributed by atoms with Gasteiger partial charge in [-0.05, 0) is 17.2 Å². The topological polar surface area (TPSA) is 174 Å². The van der Waals surface area contributed by atoms with Crippen molar-refractivity contribution in [2.45, 2.75) is 24.7 Å². The molecule has 3 N–H and O–H groups in total. The number of amides is 1. The van der Waals surface area contributed by atoms with E-state index in [1.807, 2.05) is 0 Å². The number of azo groups is 1. The van der Waals surface area contributed by atoms with Crippen molar-refractivity contribution in [1.29, 1.82) is 0 Å². The molecule has 2 atom stereocenters. The van der Waals surface area contributed by atoms with Crippen LogP contribution in [-0.2, 0) is 31.7 Å². The molecular weight excluding hydrogens is 560 g/mol. The fourth-order valence-electron chi connectivity index (χ4n) is 4.36. The summed E-state index contributed by atoms with van der Waals surface area (Å²) in [6.07, 6.45) is 3.96. The molecule has 1 aliphatic rings. The number of hydrogen-bond donors (Lipinski definition) is 3. The lowest BCUT2D eigenvalue weighted by Crippen LogP contribution is -2.44. The van der Waals surface area contributed by atoms with Crippen molar-refractivity contribution in [3.8, 4) is 5.75 Å². The van der Waals surface area contributed by atoms with Crippen molar-refractivity contribution < 1.29 is 37.5 Å². The van der Waals surface area contributed by atoms with E-state index in [0.29, 0.717) is 5.56 Å². The minimum Gasteiger partial charge on any atom is -0.494 e. The van der Waals surface area contributed by atoms with Crippen LogP contribution in [0, 0.1) is 5.82 Å². The van der Waals surface area contributed by atoms with Crippen LogP contribution in [0.1, 0.15) is 22.7 Å². The predicted octanol–water partition coefficient (Wildman–Crippen LogP) is 2.64. The zero-order valence-electron chi connectivity index (χ0n) is 22.0. The maximum absolute atomic E-state index is 14.6. The van der Waals surface area contributed by atoms with Gasteiger partial charge in [0.25, 0.3) is 11.5 Å². The predicted molar refractivity (Wildman–Crippen MR) is 142 cm³/mol. The van der Waals surface area contributed by atoms with Gasteiger partial charge in [0.2, 0.25) is 5.72 Å². The molecule has 0 saturated carbocycles. The summed E-state index contributed by atoms with van der Waals surface area (Å²) in [5.41, 5.74) is -1.74. The van der Waals surface area contributed by atoms with E-state index in [2.05, 4.69) is 20.5 Å². The van der Waals surface area contributed by atoms with E-state index in [0.717, 1.165) is 11.8 Å². The number of carbonyl (C=O) groups excluding carboxylic acids is 1. The van der Waals surface area contributed by atoms with E-state index in [1.54, 1.807) is 42.6 Å². The van der Waals surface area contributed by atoms with Crippen molar-refractivity contribution in [1.82, 2.24) is 14.9 Å². The first-order chi connectivity index (χ1) is 19.6. The van der Waals surface area contributed by atoms with Gasteiger partial charge in [-0.2, -0.15) is 5.11 Å². The highest BCUT2D eigenvalue weighted by atomic mass is 31.2. The smallest absolute Gasteiger partial charge is 0.472 e. The van der Waals surface area contributed by atoms with Gasteiger partial charge >= 0.3 is 7.82 Å². The lowest BCUT2D eigenvalue weighted by molar-refractivity contribution is -0.120. The Morgan fingerprint density at radius 3 is 2.59 bits per heavy atom. The lowest BCUT2D eigenvalue weighted by atomic mass is 9.84. The number of carbonyl (C=O) groups is 1. The maximum atomic E-state index is 14.6. The van der Waals surface area contributed by atoms with Gasteiger partial charge in [0.05, 0.1) is 50.2 Å². The third-order valence-corrected chi connectivity index (χ3v) is 6.80. The van der Waals surface area contributed by atoms with Gasteiger partial charge in [-0.1, -0.05) is 30.3 Å². The van der Waals surface area contributed by atoms with Crippen LogP contribution in [0.2, 0.25) is 0 Å². The Morgan fingerprint density at radius 1 is 1.17 bits per heavy atom. The second-order valence-electron chi connectivity index (χ2n) is 8.91. The molecule has 2 aromatic heterocycles. The Balaban J connectivity index is 1.65. The number of ether oxygens (including phenoxy) is 2. The molecular formula is C26H27FN5O8P. The summed E-state index contributed by atoms with van der Waals surface area (Å²) < 4.78 is 43.7. The molecule has 3 aromatic rings. The molecule has 2 unspecified atom stereocenters. The highest BCUT2D eigenvalue weighted by Gasteiger charge is 2.53. The van der Waals surface area contributed by atoms with Gasteiger partial charge in [0.1, 0.15) is 0 Å². The number of phosphoric ester groups is 1. The summed E-state index contributed by atoms with van der Waals surface area (Å²) in [6, 6.07) is 12.9. The number of hydrogen-bond acceptors (Lipinski definition) is 9. The summed E-state index contributed by atoms with van der Waals surface area (Å²) in [6.45, 7) is -0.290. The molecule has 4 rings (SSSR count). The summed E-state index contributed by atoms with van der Waals surface area (Å²) >= 11 is 0. The monoisotopic (exact) mass is 587 g/mol. The minimum absolute atomic E-state index is 0.0748. The molecule has 41 heavy (non-hydrogen) atoms. The normalized spacial score (nSPS) is 17.2. The molecule has 0 aliphatic carbocycles. The van der Waals surface area contributed by atoms with Gasteiger partial charge in [0.15, 0.2) is 11.6 Å². The molecule has 1 aromatic carbocycles. The van der Waals surface area contributed by atoms with Crippen LogP contribution < -0.4 is 15.6 Å². The second kappa shape index (κ2) is 12.6. The van der Waals surface area contributed by atoms with Crippen molar-refractivity contribution in [2.24, 2.45) is 10.2 Å². The average molecular weight is 588 g/mol. The third-order valence-electron chi connectivity index (χ3n) is 6.28. The Bertz CT molecular complexity index is 1570. The molecule has 13 nitrogen and oxygen atoms in total. The second-order valence-corrected chi connectivity index (χ2v) is 10.1. The van der Waals surface area contributed by atoms with Crippen LogP contribution in [-0.4, -0.2) is 51.8 Å². The molecule has 1 aliphatic heterocycles. The van der Waals surface area contributed by atoms with Crippen LogP contribution in [0.15, 0.2) is 87.7 Å². The Hall–Kier alpha value is -4.07. The third kappa shape index (κ3) is 6.81. The summed E-state index contributed by atoms with van der Waals surface area (Å²) in [7, 11) is -2.62. The minimum atomic E-state index is -5.27. The first-order valence-electron chi connectivity index (χ1n) is 12.2. The van der Waals surface area contributed by atoms with E-state index in [4.69, 9.17) is 14.0 Å². The highest BCUT2D eigenvalue weighted by Crippen LogP contribution is 2.52. The number of nitrogens with zero attached hydrogens (tertiary/aromatic N) is 4. The van der Waals surface area contributed by atoms with E-state index >= 15 is 0 Å². The van der Waals surface area contributed by atoms with E-state index < -0.39 is 31.2 Å². The van der Waals surface area contributed by atoms with E-state index in [-0.39, 0.29) is 42.3 Å². The first kappa shape index (κ1) is 29.9. The van der Waals surface area contributed by atoms with Crippen LogP contribution in [0.5, 0.6) is 5.75 Å². The molecule has 0 fully saturated rings. The number of aromatic nitrogens is 2. The molecule has 0 radical (unpaired) electrons. The van der Waals surface area contributed by atoms with Gasteiger partial charge in [-0.15, -0.1) is 5.11 Å². The molecule has 3 heterocycles. The molecule has 0 spiro atoms. The maximum Gasteiger partial charge on any atom is 0.472 e. The van der Waals surface area contributed by atoms with Crippen LogP contribution >= 0.6 is 7.82 Å². The molecule has 1 amide bonds. The average Bonchev–Trinajstić information content (AvgIpc) is 3.35. The van der Waals surface area contributed by atoms with Gasteiger partial charge < -0.3 is 29.1 Å². The largest absolute Gasteiger partial charge is 0.494 e. The van der Waals surface area contributed by atoms with Gasteiger partial charge in [0, 0.05) is 31.6 Å². The lowest BCUT2D eigenvalue weighted by Gasteiger charge is -2.35. The van der Waals surface area contributed by atoms with Crippen LogP contribution in [0.3, 0.4) is 0 Å². The summed E-state index contributed by atoms with van der Waals surface area (Å²) in [4.78, 5) is 49.0. The van der Waals surface area contributed by atoms with Gasteiger partial charge in [-0.25, -0.2) is 8.96 Å². The number of phosphoric acid groups is 1. The quantitative estimate of drug-likeness (QED) is 0.269. The fourth-order valence-corrected chi connectivity index (χ4v) is 4.99. The van der Waals surface area contributed by atoms with Crippen molar-refractivity contribution in [3.05, 3.63) is 106 Å². The fraction of sp³-hybridized carbons (Fsp3) is 0.269. The van der Waals surface area contributed by atoms with Crippen LogP contribution in [0.25, 0.3) is 0 Å². The highest BCUT2D eigenvalue weighted by molar-refractivity contribution is 7.46.